The van der Waals surface area contributed by atoms with Crippen molar-refractivity contribution in [1.82, 2.24) is 9.97 Å². The van der Waals surface area contributed by atoms with E-state index in [0.29, 0.717) is 22.6 Å². The van der Waals surface area contributed by atoms with E-state index in [0.717, 1.165) is 24.1 Å². The number of aromatic nitrogens is 2. The lowest BCUT2D eigenvalue weighted by Gasteiger charge is -2.33. The molecule has 0 radical (unpaired) electrons. The zero-order valence-electron chi connectivity index (χ0n) is 17.5. The first-order valence-electron chi connectivity index (χ1n) is 10.1. The molecule has 0 bridgehead atoms. The van der Waals surface area contributed by atoms with E-state index in [1.54, 1.807) is 37.6 Å². The maximum absolute atomic E-state index is 12.7. The maximum atomic E-state index is 12.7. The van der Waals surface area contributed by atoms with Crippen molar-refractivity contribution in [3.63, 3.8) is 0 Å². The average Bonchev–Trinajstić information content (AvgIpc) is 2.75. The standard InChI is InChI=1S/C24H26ClN3O2/c1-4-17(2)14-23(28(18(3)29)21-10-8-20(25)9-11-21)19-6-5-7-22(15-19)30-24-16-26-12-13-27-24/h5-13,15-17,23H,4,14H2,1-3H3. The molecule has 2 atom stereocenters. The number of benzene rings is 2. The third-order valence-corrected chi connectivity index (χ3v) is 5.34. The van der Waals surface area contributed by atoms with Crippen molar-refractivity contribution in [2.45, 2.75) is 39.7 Å². The number of carbonyl (C=O) groups is 1. The minimum Gasteiger partial charge on any atom is -0.437 e. The van der Waals surface area contributed by atoms with Gasteiger partial charge in [0.15, 0.2) is 0 Å². The van der Waals surface area contributed by atoms with Gasteiger partial charge in [-0.05, 0) is 54.3 Å². The number of amides is 1. The van der Waals surface area contributed by atoms with Gasteiger partial charge >= 0.3 is 0 Å². The SMILES string of the molecule is CCC(C)CC(c1cccc(Oc2cnccn2)c1)N(C(C)=O)c1ccc(Cl)cc1. The Labute approximate surface area is 182 Å². The molecule has 6 heteroatoms. The van der Waals surface area contributed by atoms with Gasteiger partial charge in [-0.15, -0.1) is 0 Å². The second kappa shape index (κ2) is 10.2. The van der Waals surface area contributed by atoms with Crippen LogP contribution in [-0.2, 0) is 4.79 Å². The van der Waals surface area contributed by atoms with Gasteiger partial charge in [-0.1, -0.05) is 44.0 Å². The Bertz CT molecular complexity index is 964. The van der Waals surface area contributed by atoms with Crippen molar-refractivity contribution < 1.29 is 9.53 Å². The first-order chi connectivity index (χ1) is 14.5. The predicted octanol–water partition coefficient (Wildman–Crippen LogP) is 6.45. The van der Waals surface area contributed by atoms with Gasteiger partial charge in [0.25, 0.3) is 0 Å². The summed E-state index contributed by atoms with van der Waals surface area (Å²) >= 11 is 6.07. The maximum Gasteiger partial charge on any atom is 0.237 e. The minimum absolute atomic E-state index is 0.0223. The van der Waals surface area contributed by atoms with Crippen LogP contribution in [0.5, 0.6) is 11.6 Å². The lowest BCUT2D eigenvalue weighted by Crippen LogP contribution is -2.34. The van der Waals surface area contributed by atoms with Crippen LogP contribution in [0, 0.1) is 5.92 Å². The predicted molar refractivity (Wildman–Crippen MR) is 120 cm³/mol. The van der Waals surface area contributed by atoms with Crippen LogP contribution in [0.25, 0.3) is 0 Å². The molecular formula is C24H26ClN3O2. The van der Waals surface area contributed by atoms with Crippen LogP contribution in [0.3, 0.4) is 0 Å². The van der Waals surface area contributed by atoms with Crippen LogP contribution in [0.2, 0.25) is 5.02 Å². The van der Waals surface area contributed by atoms with E-state index in [4.69, 9.17) is 16.3 Å². The molecule has 3 aromatic rings. The molecule has 3 rings (SSSR count). The highest BCUT2D eigenvalue weighted by Crippen LogP contribution is 2.35. The molecule has 0 fully saturated rings. The van der Waals surface area contributed by atoms with Gasteiger partial charge < -0.3 is 9.64 Å². The topological polar surface area (TPSA) is 55.3 Å². The highest BCUT2D eigenvalue weighted by molar-refractivity contribution is 6.30. The first kappa shape index (κ1) is 21.8. The summed E-state index contributed by atoms with van der Waals surface area (Å²) in [7, 11) is 0. The highest BCUT2D eigenvalue weighted by atomic mass is 35.5. The summed E-state index contributed by atoms with van der Waals surface area (Å²) in [5.74, 6) is 1.50. The smallest absolute Gasteiger partial charge is 0.237 e. The van der Waals surface area contributed by atoms with Crippen molar-refractivity contribution in [3.05, 3.63) is 77.7 Å². The van der Waals surface area contributed by atoms with Gasteiger partial charge in [0.1, 0.15) is 5.75 Å². The lowest BCUT2D eigenvalue weighted by molar-refractivity contribution is -0.117. The summed E-state index contributed by atoms with van der Waals surface area (Å²) in [6, 6.07) is 15.0. The fourth-order valence-corrected chi connectivity index (χ4v) is 3.49. The van der Waals surface area contributed by atoms with E-state index in [-0.39, 0.29) is 11.9 Å². The van der Waals surface area contributed by atoms with Gasteiger partial charge in [-0.2, -0.15) is 0 Å². The molecule has 0 spiro atoms. The van der Waals surface area contributed by atoms with E-state index in [1.807, 2.05) is 41.3 Å². The molecule has 0 aliphatic carbocycles. The molecule has 2 unspecified atom stereocenters. The van der Waals surface area contributed by atoms with Gasteiger partial charge in [-0.25, -0.2) is 4.98 Å². The normalized spacial score (nSPS) is 12.8. The highest BCUT2D eigenvalue weighted by Gasteiger charge is 2.26. The third kappa shape index (κ3) is 5.57. The lowest BCUT2D eigenvalue weighted by atomic mass is 9.92. The monoisotopic (exact) mass is 423 g/mol. The second-order valence-corrected chi connectivity index (χ2v) is 7.78. The molecule has 1 amide bonds. The summed E-state index contributed by atoms with van der Waals surface area (Å²) in [6.45, 7) is 5.96. The molecule has 0 aliphatic rings. The van der Waals surface area contributed by atoms with Crippen molar-refractivity contribution >= 4 is 23.2 Å². The molecule has 2 aromatic carbocycles. The Morgan fingerprint density at radius 3 is 2.57 bits per heavy atom. The minimum atomic E-state index is -0.135. The zero-order chi connectivity index (χ0) is 21.5. The summed E-state index contributed by atoms with van der Waals surface area (Å²) in [6.07, 6.45) is 6.61. The molecule has 1 heterocycles. The second-order valence-electron chi connectivity index (χ2n) is 7.35. The number of hydrogen-bond acceptors (Lipinski definition) is 4. The van der Waals surface area contributed by atoms with Gasteiger partial charge in [0.05, 0.1) is 12.2 Å². The van der Waals surface area contributed by atoms with E-state index in [9.17, 15) is 4.79 Å². The number of hydrogen-bond donors (Lipinski definition) is 0. The number of nitrogens with zero attached hydrogens (tertiary/aromatic N) is 3. The van der Waals surface area contributed by atoms with E-state index >= 15 is 0 Å². The quantitative estimate of drug-likeness (QED) is 0.417. The van der Waals surface area contributed by atoms with Gasteiger partial charge in [0, 0.05) is 30.0 Å². The average molecular weight is 424 g/mol. The van der Waals surface area contributed by atoms with Crippen molar-refractivity contribution in [1.29, 1.82) is 0 Å². The van der Waals surface area contributed by atoms with Crippen LogP contribution < -0.4 is 9.64 Å². The summed E-state index contributed by atoms with van der Waals surface area (Å²) in [4.78, 5) is 22.8. The molecule has 30 heavy (non-hydrogen) atoms. The van der Waals surface area contributed by atoms with E-state index < -0.39 is 0 Å². The van der Waals surface area contributed by atoms with Crippen LogP contribution in [0.15, 0.2) is 67.1 Å². The van der Waals surface area contributed by atoms with E-state index in [2.05, 4.69) is 23.8 Å². The summed E-state index contributed by atoms with van der Waals surface area (Å²) < 4.78 is 5.87. The Morgan fingerprint density at radius 1 is 1.17 bits per heavy atom. The Morgan fingerprint density at radius 2 is 1.93 bits per heavy atom. The molecule has 0 saturated heterocycles. The summed E-state index contributed by atoms with van der Waals surface area (Å²) in [5.41, 5.74) is 1.82. The molecule has 0 aliphatic heterocycles. The Kier molecular flexibility index (Phi) is 7.41. The van der Waals surface area contributed by atoms with Crippen LogP contribution in [-0.4, -0.2) is 15.9 Å². The molecule has 5 nitrogen and oxygen atoms in total. The van der Waals surface area contributed by atoms with Crippen LogP contribution in [0.1, 0.15) is 45.2 Å². The van der Waals surface area contributed by atoms with Crippen molar-refractivity contribution in [2.24, 2.45) is 5.92 Å². The molecule has 1 aromatic heterocycles. The molecule has 0 N–H and O–H groups in total. The first-order valence-corrected chi connectivity index (χ1v) is 10.4. The number of carbonyl (C=O) groups excluding carboxylic acids is 1. The van der Waals surface area contributed by atoms with Crippen LogP contribution >= 0.6 is 11.6 Å². The number of halogens is 1. The van der Waals surface area contributed by atoms with Crippen LogP contribution in [0.4, 0.5) is 5.69 Å². The largest absolute Gasteiger partial charge is 0.437 e. The van der Waals surface area contributed by atoms with Crippen molar-refractivity contribution in [3.8, 4) is 11.6 Å². The van der Waals surface area contributed by atoms with Crippen molar-refractivity contribution in [2.75, 3.05) is 4.90 Å². The summed E-state index contributed by atoms with van der Waals surface area (Å²) in [5, 5.41) is 0.639. The number of ether oxygens (including phenoxy) is 1. The molecular weight excluding hydrogens is 398 g/mol. The fraction of sp³-hybridized carbons (Fsp3) is 0.292. The van der Waals surface area contributed by atoms with E-state index in [1.165, 1.54) is 0 Å². The Balaban J connectivity index is 1.99. The van der Waals surface area contributed by atoms with Gasteiger partial charge in [0.2, 0.25) is 11.8 Å². The number of anilines is 1. The molecule has 156 valence electrons. The van der Waals surface area contributed by atoms with Gasteiger partial charge in [-0.3, -0.25) is 9.78 Å². The fourth-order valence-electron chi connectivity index (χ4n) is 3.37. The number of rotatable bonds is 8. The Hall–Kier alpha value is -2.92. The zero-order valence-corrected chi connectivity index (χ0v) is 18.2. The third-order valence-electron chi connectivity index (χ3n) is 5.08. The molecule has 0 saturated carbocycles.